The van der Waals surface area contributed by atoms with Gasteiger partial charge >= 0.3 is 0 Å². The Morgan fingerprint density at radius 3 is 2.65 bits per heavy atom. The van der Waals surface area contributed by atoms with Crippen molar-refractivity contribution in [3.8, 4) is 0 Å². The molecule has 0 radical (unpaired) electrons. The van der Waals surface area contributed by atoms with E-state index in [1.54, 1.807) is 6.07 Å². The third-order valence-electron chi connectivity index (χ3n) is 2.26. The molecule has 0 fully saturated rings. The van der Waals surface area contributed by atoms with Crippen molar-refractivity contribution in [2.45, 2.75) is 13.2 Å². The molecule has 90 valence electrons. The van der Waals surface area contributed by atoms with Crippen LogP contribution >= 0.6 is 38.5 Å². The molecule has 1 heterocycles. The first-order valence-corrected chi connectivity index (χ1v) is 6.93. The van der Waals surface area contributed by atoms with E-state index in [0.717, 1.165) is 15.9 Å². The summed E-state index contributed by atoms with van der Waals surface area (Å²) in [6.45, 7) is 0.534. The summed E-state index contributed by atoms with van der Waals surface area (Å²) in [5.41, 5.74) is 1.02. The van der Waals surface area contributed by atoms with Gasteiger partial charge in [-0.1, -0.05) is 0 Å². The zero-order chi connectivity index (χ0) is 12.3. The van der Waals surface area contributed by atoms with E-state index in [2.05, 4.69) is 43.8 Å². The summed E-state index contributed by atoms with van der Waals surface area (Å²) in [4.78, 5) is 0. The lowest BCUT2D eigenvalue weighted by Gasteiger charge is -2.07. The van der Waals surface area contributed by atoms with E-state index in [1.807, 2.05) is 24.3 Å². The van der Waals surface area contributed by atoms with E-state index in [9.17, 15) is 0 Å². The number of aliphatic hydroxyl groups excluding tert-OH is 1. The van der Waals surface area contributed by atoms with E-state index in [-0.39, 0.29) is 6.61 Å². The molecular formula is C12H11BrINO2. The van der Waals surface area contributed by atoms with Crippen molar-refractivity contribution in [1.29, 1.82) is 0 Å². The topological polar surface area (TPSA) is 45.4 Å². The van der Waals surface area contributed by atoms with Gasteiger partial charge in [-0.25, -0.2) is 0 Å². The molecule has 0 aliphatic rings. The maximum Gasteiger partial charge on any atom is 0.129 e. The number of hydrogen-bond acceptors (Lipinski definition) is 3. The largest absolute Gasteiger partial charge is 0.462 e. The second-order valence-electron chi connectivity index (χ2n) is 3.50. The van der Waals surface area contributed by atoms with Gasteiger partial charge in [-0.05, 0) is 68.9 Å². The molecule has 2 N–H and O–H groups in total. The molecule has 0 saturated carbocycles. The molecular weight excluding hydrogens is 397 g/mol. The monoisotopic (exact) mass is 407 g/mol. The lowest BCUT2D eigenvalue weighted by atomic mass is 10.3. The van der Waals surface area contributed by atoms with Crippen molar-refractivity contribution >= 4 is 44.2 Å². The molecule has 0 bridgehead atoms. The number of hydrogen-bond donors (Lipinski definition) is 2. The first-order valence-electron chi connectivity index (χ1n) is 5.06. The smallest absolute Gasteiger partial charge is 0.129 e. The fourth-order valence-electron chi connectivity index (χ4n) is 1.42. The first-order chi connectivity index (χ1) is 8.19. The number of halogens is 2. The average molecular weight is 408 g/mol. The summed E-state index contributed by atoms with van der Waals surface area (Å²) in [6.07, 6.45) is 0. The van der Waals surface area contributed by atoms with Crippen LogP contribution in [-0.4, -0.2) is 5.11 Å². The number of rotatable bonds is 4. The minimum absolute atomic E-state index is 0.0623. The van der Waals surface area contributed by atoms with Crippen LogP contribution in [0.25, 0.3) is 0 Å². The fourth-order valence-corrected chi connectivity index (χ4v) is 2.86. The van der Waals surface area contributed by atoms with Gasteiger partial charge in [0.25, 0.3) is 0 Å². The first kappa shape index (κ1) is 12.9. The van der Waals surface area contributed by atoms with Crippen LogP contribution in [0.15, 0.2) is 39.2 Å². The van der Waals surface area contributed by atoms with Crippen molar-refractivity contribution in [3.63, 3.8) is 0 Å². The Morgan fingerprint density at radius 2 is 2.00 bits per heavy atom. The zero-order valence-electron chi connectivity index (χ0n) is 8.91. The minimum atomic E-state index is -0.0623. The summed E-state index contributed by atoms with van der Waals surface area (Å²) >= 11 is 5.77. The Balaban J connectivity index is 2.02. The summed E-state index contributed by atoms with van der Waals surface area (Å²) in [5, 5.41) is 12.2. The standard InChI is InChI=1S/C12H11BrINO2/c13-11-5-8(14)1-4-12(11)15-6-9-2-3-10(7-16)17-9/h1-5,15-16H,6-7H2. The van der Waals surface area contributed by atoms with E-state index in [4.69, 9.17) is 9.52 Å². The summed E-state index contributed by atoms with van der Waals surface area (Å²) < 4.78 is 7.60. The predicted molar refractivity (Wildman–Crippen MR) is 78.8 cm³/mol. The normalized spacial score (nSPS) is 10.5. The molecule has 0 aliphatic heterocycles. The second-order valence-corrected chi connectivity index (χ2v) is 5.60. The van der Waals surface area contributed by atoms with E-state index >= 15 is 0 Å². The molecule has 2 aromatic rings. The van der Waals surface area contributed by atoms with E-state index < -0.39 is 0 Å². The molecule has 0 amide bonds. The molecule has 0 saturated heterocycles. The van der Waals surface area contributed by atoms with Crippen LogP contribution in [0.3, 0.4) is 0 Å². The molecule has 0 spiro atoms. The number of anilines is 1. The maximum atomic E-state index is 8.89. The molecule has 3 nitrogen and oxygen atoms in total. The van der Waals surface area contributed by atoms with Crippen LogP contribution in [0.2, 0.25) is 0 Å². The average Bonchev–Trinajstić information content (AvgIpc) is 2.76. The second kappa shape index (κ2) is 5.88. The predicted octanol–water partition coefficient (Wildman–Crippen LogP) is 3.75. The number of nitrogens with one attached hydrogen (secondary N) is 1. The molecule has 17 heavy (non-hydrogen) atoms. The SMILES string of the molecule is OCc1ccc(CNc2ccc(I)cc2Br)o1. The van der Waals surface area contributed by atoms with E-state index in [1.165, 1.54) is 3.57 Å². The van der Waals surface area contributed by atoms with Crippen LogP contribution in [0, 0.1) is 3.57 Å². The highest BCUT2D eigenvalue weighted by Gasteiger charge is 2.03. The van der Waals surface area contributed by atoms with Gasteiger partial charge < -0.3 is 14.8 Å². The summed E-state index contributed by atoms with van der Waals surface area (Å²) in [5.74, 6) is 1.39. The molecule has 0 atom stereocenters. The fraction of sp³-hybridized carbons (Fsp3) is 0.167. The number of benzene rings is 1. The van der Waals surface area contributed by atoms with Crippen molar-refractivity contribution in [2.24, 2.45) is 0 Å². The Bertz CT molecular complexity index is 513. The highest BCUT2D eigenvalue weighted by atomic mass is 127. The van der Waals surface area contributed by atoms with Gasteiger partial charge in [0.2, 0.25) is 0 Å². The minimum Gasteiger partial charge on any atom is -0.462 e. The Kier molecular flexibility index (Phi) is 4.47. The Hall–Kier alpha value is -0.530. The lowest BCUT2D eigenvalue weighted by molar-refractivity contribution is 0.244. The third-order valence-corrected chi connectivity index (χ3v) is 3.58. The van der Waals surface area contributed by atoms with Gasteiger partial charge in [-0.2, -0.15) is 0 Å². The lowest BCUT2D eigenvalue weighted by Crippen LogP contribution is -1.98. The van der Waals surface area contributed by atoms with Gasteiger partial charge in [0.05, 0.1) is 6.54 Å². The third kappa shape index (κ3) is 3.46. The highest BCUT2D eigenvalue weighted by Crippen LogP contribution is 2.25. The molecule has 1 aromatic carbocycles. The highest BCUT2D eigenvalue weighted by molar-refractivity contribution is 14.1. The van der Waals surface area contributed by atoms with Gasteiger partial charge in [-0.15, -0.1) is 0 Å². The zero-order valence-corrected chi connectivity index (χ0v) is 12.7. The van der Waals surface area contributed by atoms with Gasteiger partial charge in [-0.3, -0.25) is 0 Å². The molecule has 5 heteroatoms. The van der Waals surface area contributed by atoms with Gasteiger partial charge in [0, 0.05) is 13.7 Å². The van der Waals surface area contributed by atoms with Crippen LogP contribution in [0.4, 0.5) is 5.69 Å². The number of aliphatic hydroxyl groups is 1. The maximum absolute atomic E-state index is 8.89. The Morgan fingerprint density at radius 1 is 1.24 bits per heavy atom. The molecule has 1 aromatic heterocycles. The van der Waals surface area contributed by atoms with Crippen molar-refractivity contribution < 1.29 is 9.52 Å². The van der Waals surface area contributed by atoms with Crippen molar-refractivity contribution in [2.75, 3.05) is 5.32 Å². The summed E-state index contributed by atoms with van der Waals surface area (Å²) in [6, 6.07) is 9.74. The van der Waals surface area contributed by atoms with Crippen molar-refractivity contribution in [3.05, 3.63) is 49.9 Å². The van der Waals surface area contributed by atoms with Crippen LogP contribution in [-0.2, 0) is 13.2 Å². The van der Waals surface area contributed by atoms with Crippen LogP contribution in [0.1, 0.15) is 11.5 Å². The quantitative estimate of drug-likeness (QED) is 0.758. The van der Waals surface area contributed by atoms with Gasteiger partial charge in [0.15, 0.2) is 0 Å². The van der Waals surface area contributed by atoms with Crippen LogP contribution in [0.5, 0.6) is 0 Å². The van der Waals surface area contributed by atoms with Gasteiger partial charge in [0.1, 0.15) is 18.1 Å². The molecule has 0 unspecified atom stereocenters. The Labute approximate surface area is 121 Å². The summed E-state index contributed by atoms with van der Waals surface area (Å²) in [7, 11) is 0. The number of furan rings is 1. The van der Waals surface area contributed by atoms with Crippen molar-refractivity contribution in [1.82, 2.24) is 0 Å². The van der Waals surface area contributed by atoms with Crippen LogP contribution < -0.4 is 5.32 Å². The van der Waals surface area contributed by atoms with E-state index in [0.29, 0.717) is 12.3 Å². The molecule has 0 aliphatic carbocycles. The molecule has 2 rings (SSSR count).